The maximum atomic E-state index is 10.6. The van der Waals surface area contributed by atoms with Gasteiger partial charge in [0, 0.05) is 5.02 Å². The van der Waals surface area contributed by atoms with E-state index in [4.69, 9.17) is 21.4 Å². The van der Waals surface area contributed by atoms with Crippen LogP contribution in [0.15, 0.2) is 36.4 Å². The highest BCUT2D eigenvalue weighted by molar-refractivity contribution is 6.30. The normalized spacial score (nSPS) is 11.9. The van der Waals surface area contributed by atoms with Crippen LogP contribution in [0.5, 0.6) is 5.75 Å². The van der Waals surface area contributed by atoms with Crippen LogP contribution < -0.4 is 4.74 Å². The van der Waals surface area contributed by atoms with Gasteiger partial charge in [-0.1, -0.05) is 24.6 Å². The number of carbonyl (C=O) groups is 1. The maximum Gasteiger partial charge on any atom is 0.333 e. The first-order valence-corrected chi connectivity index (χ1v) is 6.87. The van der Waals surface area contributed by atoms with Gasteiger partial charge >= 0.3 is 5.97 Å². The number of carboxylic acids is 1. The molecule has 0 saturated heterocycles. The first-order chi connectivity index (χ1) is 9.50. The Morgan fingerprint density at radius 2 is 1.90 bits per heavy atom. The zero-order chi connectivity index (χ0) is 15.0. The smallest absolute Gasteiger partial charge is 0.333 e. The largest absolute Gasteiger partial charge is 0.494 e. The third-order valence-corrected chi connectivity index (χ3v) is 3.13. The second kappa shape index (κ2) is 8.61. The second-order valence-corrected chi connectivity index (χ2v) is 4.93. The summed E-state index contributed by atoms with van der Waals surface area (Å²) in [6, 6.07) is 7.15. The lowest BCUT2D eigenvalue weighted by Crippen LogP contribution is -2.16. The average Bonchev–Trinajstić information content (AvgIpc) is 2.43. The molecule has 1 unspecified atom stereocenters. The summed E-state index contributed by atoms with van der Waals surface area (Å²) in [5.41, 5.74) is -0.151. The molecule has 0 amide bonds. The molecule has 1 rings (SSSR count). The molecule has 1 aromatic carbocycles. The fourth-order valence-corrected chi connectivity index (χ4v) is 1.78. The Bertz CT molecular complexity index is 442. The predicted octanol–water partition coefficient (Wildman–Crippen LogP) is 3.28. The van der Waals surface area contributed by atoms with E-state index in [0.29, 0.717) is 18.1 Å². The summed E-state index contributed by atoms with van der Waals surface area (Å²) in [6.45, 7) is 3.91. The lowest BCUT2D eigenvalue weighted by molar-refractivity contribution is -0.133. The van der Waals surface area contributed by atoms with Gasteiger partial charge in [0.25, 0.3) is 0 Å². The van der Waals surface area contributed by atoms with Gasteiger partial charge in [-0.3, -0.25) is 0 Å². The lowest BCUT2D eigenvalue weighted by Gasteiger charge is -2.10. The molecule has 110 valence electrons. The van der Waals surface area contributed by atoms with Crippen LogP contribution in [0.1, 0.15) is 25.7 Å². The van der Waals surface area contributed by atoms with Crippen molar-refractivity contribution in [3.05, 3.63) is 41.4 Å². The lowest BCUT2D eigenvalue weighted by atomic mass is 10.0. The van der Waals surface area contributed by atoms with Gasteiger partial charge in [-0.25, -0.2) is 4.79 Å². The van der Waals surface area contributed by atoms with Gasteiger partial charge in [0.1, 0.15) is 5.75 Å². The van der Waals surface area contributed by atoms with E-state index in [1.807, 2.05) is 12.1 Å². The number of aliphatic hydroxyl groups excluding tert-OH is 1. The summed E-state index contributed by atoms with van der Waals surface area (Å²) >= 11 is 5.76. The van der Waals surface area contributed by atoms with E-state index >= 15 is 0 Å². The van der Waals surface area contributed by atoms with Gasteiger partial charge in [0.15, 0.2) is 0 Å². The Hall–Kier alpha value is -1.52. The molecule has 0 aliphatic heterocycles. The van der Waals surface area contributed by atoms with Gasteiger partial charge in [0.05, 0.1) is 18.3 Å². The summed E-state index contributed by atoms with van der Waals surface area (Å²) in [5.74, 6) is -0.378. The van der Waals surface area contributed by atoms with E-state index in [0.717, 1.165) is 25.0 Å². The Kier molecular flexibility index (Phi) is 7.12. The molecular formula is C15H19ClO4. The molecule has 0 aromatic heterocycles. The summed E-state index contributed by atoms with van der Waals surface area (Å²) in [7, 11) is 0. The van der Waals surface area contributed by atoms with Crippen LogP contribution in [0.25, 0.3) is 0 Å². The highest BCUT2D eigenvalue weighted by Crippen LogP contribution is 2.16. The van der Waals surface area contributed by atoms with Crippen LogP contribution in [0.2, 0.25) is 5.02 Å². The van der Waals surface area contributed by atoms with E-state index in [-0.39, 0.29) is 5.57 Å². The molecule has 1 aromatic rings. The van der Waals surface area contributed by atoms with Gasteiger partial charge in [-0.05, 0) is 43.5 Å². The number of ether oxygens (including phenoxy) is 1. The standard InChI is InChI=1S/C15H19ClO4/c1-11(15(18)19)14(17)5-3-2-4-10-20-13-8-6-12(16)7-9-13/h6-9,14,17H,1-5,10H2,(H,18,19). The van der Waals surface area contributed by atoms with Crippen molar-refractivity contribution in [1.82, 2.24) is 0 Å². The van der Waals surface area contributed by atoms with Crippen LogP contribution in [0.4, 0.5) is 0 Å². The van der Waals surface area contributed by atoms with E-state index in [1.165, 1.54) is 0 Å². The van der Waals surface area contributed by atoms with Crippen molar-refractivity contribution in [1.29, 1.82) is 0 Å². The summed E-state index contributed by atoms with van der Waals surface area (Å²) in [4.78, 5) is 10.6. The van der Waals surface area contributed by atoms with Crippen LogP contribution in [0.3, 0.4) is 0 Å². The minimum absolute atomic E-state index is 0.151. The minimum Gasteiger partial charge on any atom is -0.494 e. The van der Waals surface area contributed by atoms with Gasteiger partial charge in [-0.2, -0.15) is 0 Å². The summed E-state index contributed by atoms with van der Waals surface area (Å²) < 4.78 is 5.52. The van der Waals surface area contributed by atoms with Gasteiger partial charge in [0.2, 0.25) is 0 Å². The fourth-order valence-electron chi connectivity index (χ4n) is 1.65. The maximum absolute atomic E-state index is 10.6. The molecule has 0 aliphatic rings. The van der Waals surface area contributed by atoms with Crippen LogP contribution in [0, 0.1) is 0 Å². The number of benzene rings is 1. The molecule has 0 bridgehead atoms. The number of rotatable bonds is 9. The molecule has 0 fully saturated rings. The Morgan fingerprint density at radius 1 is 1.25 bits per heavy atom. The van der Waals surface area contributed by atoms with E-state index in [1.54, 1.807) is 12.1 Å². The number of aliphatic carboxylic acids is 1. The summed E-state index contributed by atoms with van der Waals surface area (Å²) in [5, 5.41) is 18.8. The van der Waals surface area contributed by atoms with E-state index in [2.05, 4.69) is 6.58 Å². The van der Waals surface area contributed by atoms with Crippen molar-refractivity contribution >= 4 is 17.6 Å². The molecular weight excluding hydrogens is 280 g/mol. The van der Waals surface area contributed by atoms with Gasteiger partial charge in [-0.15, -0.1) is 0 Å². The van der Waals surface area contributed by atoms with Crippen molar-refractivity contribution in [2.45, 2.75) is 31.8 Å². The zero-order valence-corrected chi connectivity index (χ0v) is 12.0. The monoisotopic (exact) mass is 298 g/mol. The number of aliphatic hydroxyl groups is 1. The van der Waals surface area contributed by atoms with Crippen molar-refractivity contribution in [3.63, 3.8) is 0 Å². The van der Waals surface area contributed by atoms with Crippen LogP contribution in [-0.2, 0) is 4.79 Å². The topological polar surface area (TPSA) is 66.8 Å². The first kappa shape index (κ1) is 16.5. The molecule has 20 heavy (non-hydrogen) atoms. The average molecular weight is 299 g/mol. The van der Waals surface area contributed by atoms with Gasteiger partial charge < -0.3 is 14.9 Å². The number of hydrogen-bond acceptors (Lipinski definition) is 3. The van der Waals surface area contributed by atoms with Crippen LogP contribution >= 0.6 is 11.6 Å². The third kappa shape index (κ3) is 6.08. The molecule has 5 heteroatoms. The predicted molar refractivity (Wildman–Crippen MR) is 78.2 cm³/mol. The van der Waals surface area contributed by atoms with E-state index < -0.39 is 12.1 Å². The van der Waals surface area contributed by atoms with Crippen LogP contribution in [-0.4, -0.2) is 28.9 Å². The number of hydrogen-bond donors (Lipinski definition) is 2. The highest BCUT2D eigenvalue weighted by Gasteiger charge is 2.14. The zero-order valence-electron chi connectivity index (χ0n) is 11.2. The first-order valence-electron chi connectivity index (χ1n) is 6.49. The van der Waals surface area contributed by atoms with Crippen molar-refractivity contribution < 1.29 is 19.7 Å². The SMILES string of the molecule is C=C(C(=O)O)C(O)CCCCCOc1ccc(Cl)cc1. The molecule has 2 N–H and O–H groups in total. The number of halogens is 1. The van der Waals surface area contributed by atoms with Crippen molar-refractivity contribution in [3.8, 4) is 5.75 Å². The molecule has 4 nitrogen and oxygen atoms in total. The molecule has 1 atom stereocenters. The molecule has 0 heterocycles. The highest BCUT2D eigenvalue weighted by atomic mass is 35.5. The van der Waals surface area contributed by atoms with E-state index in [9.17, 15) is 9.90 Å². The number of unbranched alkanes of at least 4 members (excludes halogenated alkanes) is 2. The minimum atomic E-state index is -1.15. The third-order valence-electron chi connectivity index (χ3n) is 2.88. The quantitative estimate of drug-likeness (QED) is 0.542. The molecule has 0 spiro atoms. The molecule has 0 radical (unpaired) electrons. The van der Waals surface area contributed by atoms with Crippen molar-refractivity contribution in [2.75, 3.05) is 6.61 Å². The fraction of sp³-hybridized carbons (Fsp3) is 0.400. The summed E-state index contributed by atoms with van der Waals surface area (Å²) in [6.07, 6.45) is 1.88. The molecule has 0 saturated carbocycles. The number of carboxylic acid groups (broad SMARTS) is 1. The Labute approximate surface area is 123 Å². The second-order valence-electron chi connectivity index (χ2n) is 4.50. The Balaban J connectivity index is 2.09. The molecule has 0 aliphatic carbocycles. The van der Waals surface area contributed by atoms with Crippen molar-refractivity contribution in [2.24, 2.45) is 0 Å². The Morgan fingerprint density at radius 3 is 2.50 bits per heavy atom.